The Morgan fingerprint density at radius 3 is 2.52 bits per heavy atom. The number of aromatic nitrogens is 1. The number of rotatable bonds is 10. The van der Waals surface area contributed by atoms with E-state index >= 15 is 0 Å². The van der Waals surface area contributed by atoms with Crippen LogP contribution in [-0.4, -0.2) is 51.0 Å². The van der Waals surface area contributed by atoms with Crippen LogP contribution in [0.15, 0.2) is 23.4 Å². The Kier molecular flexibility index (Phi) is 7.63. The molecule has 0 bridgehead atoms. The first-order valence-corrected chi connectivity index (χ1v) is 8.94. The lowest BCUT2D eigenvalue weighted by molar-refractivity contribution is 0.309. The molecule has 1 rings (SSSR count). The van der Waals surface area contributed by atoms with Gasteiger partial charge < -0.3 is 10.2 Å². The van der Waals surface area contributed by atoms with Crippen molar-refractivity contribution in [3.8, 4) is 0 Å². The molecule has 0 unspecified atom stereocenters. The van der Waals surface area contributed by atoms with Crippen molar-refractivity contribution in [2.45, 2.75) is 32.2 Å². The molecule has 21 heavy (non-hydrogen) atoms. The van der Waals surface area contributed by atoms with Gasteiger partial charge >= 0.3 is 0 Å². The second-order valence-electron chi connectivity index (χ2n) is 4.71. The van der Waals surface area contributed by atoms with Gasteiger partial charge in [0.15, 0.2) is 5.03 Å². The monoisotopic (exact) mass is 314 g/mol. The predicted octanol–water partition coefficient (Wildman–Crippen LogP) is 1.52. The molecule has 0 radical (unpaired) electrons. The Balaban J connectivity index is 2.74. The van der Waals surface area contributed by atoms with Gasteiger partial charge in [-0.3, -0.25) is 0 Å². The van der Waals surface area contributed by atoms with Crippen LogP contribution in [0.4, 0.5) is 5.69 Å². The number of anilines is 1. The van der Waals surface area contributed by atoms with Crippen LogP contribution in [0.5, 0.6) is 0 Å². The van der Waals surface area contributed by atoms with Crippen LogP contribution in [-0.2, 0) is 10.0 Å². The van der Waals surface area contributed by atoms with Crippen molar-refractivity contribution in [3.63, 3.8) is 0 Å². The van der Waals surface area contributed by atoms with Gasteiger partial charge in [0.1, 0.15) is 0 Å². The van der Waals surface area contributed by atoms with E-state index in [2.05, 4.69) is 33.8 Å². The van der Waals surface area contributed by atoms with Crippen molar-refractivity contribution in [1.82, 2.24) is 14.6 Å². The Morgan fingerprint density at radius 1 is 1.19 bits per heavy atom. The molecule has 0 aliphatic rings. The van der Waals surface area contributed by atoms with Crippen molar-refractivity contribution in [1.29, 1.82) is 0 Å². The fourth-order valence-corrected chi connectivity index (χ4v) is 3.07. The number of hydrogen-bond donors (Lipinski definition) is 2. The van der Waals surface area contributed by atoms with E-state index in [1.807, 2.05) is 6.92 Å². The molecule has 0 saturated carbocycles. The number of pyridine rings is 1. The molecule has 0 aliphatic heterocycles. The first-order valence-electron chi connectivity index (χ1n) is 7.46. The summed E-state index contributed by atoms with van der Waals surface area (Å²) in [5, 5.41) is 3.17. The molecule has 0 aromatic carbocycles. The Morgan fingerprint density at radius 2 is 1.90 bits per heavy atom. The molecule has 0 atom stereocenters. The lowest BCUT2D eigenvalue weighted by Crippen LogP contribution is -2.35. The van der Waals surface area contributed by atoms with Crippen LogP contribution >= 0.6 is 0 Å². The third-order valence-corrected chi connectivity index (χ3v) is 4.62. The lowest BCUT2D eigenvalue weighted by Gasteiger charge is -2.18. The normalized spacial score (nSPS) is 11.8. The molecule has 6 nitrogen and oxygen atoms in total. The summed E-state index contributed by atoms with van der Waals surface area (Å²) >= 11 is 0. The molecule has 120 valence electrons. The van der Waals surface area contributed by atoms with E-state index in [-0.39, 0.29) is 5.03 Å². The maximum absolute atomic E-state index is 12.3. The molecule has 0 fully saturated rings. The van der Waals surface area contributed by atoms with E-state index in [0.29, 0.717) is 25.3 Å². The van der Waals surface area contributed by atoms with Crippen molar-refractivity contribution in [2.24, 2.45) is 0 Å². The zero-order valence-corrected chi connectivity index (χ0v) is 13.9. The van der Waals surface area contributed by atoms with Gasteiger partial charge in [-0.2, -0.15) is 0 Å². The molecular formula is C14H26N4O2S. The summed E-state index contributed by atoms with van der Waals surface area (Å²) in [5.74, 6) is 0. The van der Waals surface area contributed by atoms with Gasteiger partial charge in [0.25, 0.3) is 10.0 Å². The highest BCUT2D eigenvalue weighted by atomic mass is 32.2. The molecule has 1 aromatic rings. The molecule has 7 heteroatoms. The van der Waals surface area contributed by atoms with Gasteiger partial charge in [0.05, 0.1) is 5.69 Å². The Labute approximate surface area is 128 Å². The average molecular weight is 314 g/mol. The fourth-order valence-electron chi connectivity index (χ4n) is 1.95. The molecule has 0 aliphatic carbocycles. The van der Waals surface area contributed by atoms with Gasteiger partial charge in [0, 0.05) is 25.8 Å². The molecule has 0 spiro atoms. The van der Waals surface area contributed by atoms with Crippen molar-refractivity contribution in [3.05, 3.63) is 18.3 Å². The van der Waals surface area contributed by atoms with Crippen LogP contribution in [0.25, 0.3) is 0 Å². The first kappa shape index (κ1) is 17.9. The first-order chi connectivity index (χ1) is 10.0. The lowest BCUT2D eigenvalue weighted by atomic mass is 10.4. The highest BCUT2D eigenvalue weighted by Gasteiger charge is 2.19. The minimum absolute atomic E-state index is 0.0676. The SMILES string of the molecule is CCCNc1cccnc1S(=O)(=O)NCCN(CC)CC. The number of sulfonamides is 1. The summed E-state index contributed by atoms with van der Waals surface area (Å²) in [6.07, 6.45) is 2.42. The van der Waals surface area contributed by atoms with Crippen LogP contribution in [0.1, 0.15) is 27.2 Å². The second-order valence-corrected chi connectivity index (χ2v) is 6.39. The second kappa shape index (κ2) is 8.96. The third-order valence-electron chi connectivity index (χ3n) is 3.21. The maximum atomic E-state index is 12.3. The standard InChI is InChI=1S/C14H26N4O2S/c1-4-9-15-13-8-7-10-16-14(13)21(19,20)17-11-12-18(5-2)6-3/h7-8,10,15,17H,4-6,9,11-12H2,1-3H3. The summed E-state index contributed by atoms with van der Waals surface area (Å²) in [4.78, 5) is 6.18. The average Bonchev–Trinajstić information content (AvgIpc) is 2.49. The van der Waals surface area contributed by atoms with Crippen LogP contribution in [0.3, 0.4) is 0 Å². The number of nitrogens with one attached hydrogen (secondary N) is 2. The Bertz CT molecular complexity index is 515. The zero-order valence-electron chi connectivity index (χ0n) is 13.1. The van der Waals surface area contributed by atoms with Gasteiger partial charge in [-0.1, -0.05) is 20.8 Å². The van der Waals surface area contributed by atoms with Gasteiger partial charge in [-0.15, -0.1) is 0 Å². The number of likely N-dealkylation sites (N-methyl/N-ethyl adjacent to an activating group) is 1. The topological polar surface area (TPSA) is 74.3 Å². The van der Waals surface area contributed by atoms with Crippen LogP contribution in [0.2, 0.25) is 0 Å². The summed E-state index contributed by atoms with van der Waals surface area (Å²) in [6.45, 7) is 9.75. The van der Waals surface area contributed by atoms with E-state index in [1.54, 1.807) is 12.1 Å². The predicted molar refractivity (Wildman–Crippen MR) is 86.0 cm³/mol. The summed E-state index contributed by atoms with van der Waals surface area (Å²) in [7, 11) is -3.58. The molecule has 1 aromatic heterocycles. The molecule has 1 heterocycles. The molecule has 0 saturated heterocycles. The number of nitrogens with zero attached hydrogens (tertiary/aromatic N) is 2. The smallest absolute Gasteiger partial charge is 0.260 e. The van der Waals surface area contributed by atoms with Crippen molar-refractivity contribution >= 4 is 15.7 Å². The summed E-state index contributed by atoms with van der Waals surface area (Å²) in [6, 6.07) is 3.47. The minimum Gasteiger partial charge on any atom is -0.383 e. The highest BCUT2D eigenvalue weighted by molar-refractivity contribution is 7.89. The molecule has 2 N–H and O–H groups in total. The largest absolute Gasteiger partial charge is 0.383 e. The Hall–Kier alpha value is -1.18. The van der Waals surface area contributed by atoms with Crippen LogP contribution < -0.4 is 10.0 Å². The van der Waals surface area contributed by atoms with E-state index in [9.17, 15) is 8.42 Å². The maximum Gasteiger partial charge on any atom is 0.260 e. The summed E-state index contributed by atoms with van der Waals surface area (Å²) < 4.78 is 27.3. The molecule has 0 amide bonds. The van der Waals surface area contributed by atoms with E-state index < -0.39 is 10.0 Å². The summed E-state index contributed by atoms with van der Waals surface area (Å²) in [5.41, 5.74) is 0.551. The third kappa shape index (κ3) is 5.61. The van der Waals surface area contributed by atoms with Crippen molar-refractivity contribution < 1.29 is 8.42 Å². The molecular weight excluding hydrogens is 288 g/mol. The van der Waals surface area contributed by atoms with E-state index in [0.717, 1.165) is 19.5 Å². The van der Waals surface area contributed by atoms with Gasteiger partial charge in [-0.25, -0.2) is 18.1 Å². The minimum atomic E-state index is -3.58. The van der Waals surface area contributed by atoms with Crippen molar-refractivity contribution in [2.75, 3.05) is 38.0 Å². The fraction of sp³-hybridized carbons (Fsp3) is 0.643. The zero-order chi connectivity index (χ0) is 15.7. The van der Waals surface area contributed by atoms with Gasteiger partial charge in [0.2, 0.25) is 0 Å². The highest BCUT2D eigenvalue weighted by Crippen LogP contribution is 2.17. The van der Waals surface area contributed by atoms with E-state index in [4.69, 9.17) is 0 Å². The quantitative estimate of drug-likeness (QED) is 0.685. The van der Waals surface area contributed by atoms with E-state index in [1.165, 1.54) is 6.20 Å². The van der Waals surface area contributed by atoms with Crippen LogP contribution in [0, 0.1) is 0 Å². The number of hydrogen-bond acceptors (Lipinski definition) is 5. The van der Waals surface area contributed by atoms with Gasteiger partial charge in [-0.05, 0) is 31.6 Å².